The van der Waals surface area contributed by atoms with Gasteiger partial charge >= 0.3 is 5.97 Å². The second-order valence-electron chi connectivity index (χ2n) is 4.08. The van der Waals surface area contributed by atoms with E-state index in [1.807, 2.05) is 6.07 Å². The second kappa shape index (κ2) is 4.53. The minimum Gasteiger partial charge on any atom is -0.478 e. The molecule has 1 aliphatic rings. The molecule has 0 saturated carbocycles. The number of hydrogen-bond donors (Lipinski definition) is 2. The molecule has 0 unspecified atom stereocenters. The zero-order chi connectivity index (χ0) is 11.5. The lowest BCUT2D eigenvalue weighted by molar-refractivity contribution is 0.0697. The van der Waals surface area contributed by atoms with Gasteiger partial charge in [-0.15, -0.1) is 0 Å². The maximum Gasteiger partial charge on any atom is 0.335 e. The van der Waals surface area contributed by atoms with Crippen LogP contribution in [0.25, 0.3) is 0 Å². The molecule has 1 aliphatic heterocycles. The summed E-state index contributed by atoms with van der Waals surface area (Å²) >= 11 is 0. The van der Waals surface area contributed by atoms with Crippen molar-refractivity contribution in [2.24, 2.45) is 5.73 Å². The van der Waals surface area contributed by atoms with Gasteiger partial charge in [0.15, 0.2) is 0 Å². The van der Waals surface area contributed by atoms with Gasteiger partial charge in [0.2, 0.25) is 0 Å². The quantitative estimate of drug-likeness (QED) is 0.806. The number of carbonyl (C=O) groups is 1. The monoisotopic (exact) mass is 220 g/mol. The summed E-state index contributed by atoms with van der Waals surface area (Å²) in [4.78, 5) is 13.1. The standard InChI is InChI=1S/C12H16N2O2/c13-8-11-5-2-6-14(11)10-4-1-3-9(7-10)12(15)16/h1,3-4,7,11H,2,5-6,8,13H2,(H,15,16)/t11-/m0/s1. The summed E-state index contributed by atoms with van der Waals surface area (Å²) in [6, 6.07) is 7.41. The van der Waals surface area contributed by atoms with Crippen LogP contribution in [-0.2, 0) is 0 Å². The fraction of sp³-hybridized carbons (Fsp3) is 0.417. The smallest absolute Gasteiger partial charge is 0.335 e. The fourth-order valence-electron chi connectivity index (χ4n) is 2.24. The summed E-state index contributed by atoms with van der Waals surface area (Å²) in [5.41, 5.74) is 7.00. The van der Waals surface area contributed by atoms with E-state index in [9.17, 15) is 4.79 Å². The first-order chi connectivity index (χ1) is 7.72. The molecular formula is C12H16N2O2. The molecule has 0 aromatic heterocycles. The Kier molecular flexibility index (Phi) is 3.10. The maximum atomic E-state index is 10.9. The molecule has 1 aromatic rings. The number of rotatable bonds is 3. The van der Waals surface area contributed by atoms with E-state index in [2.05, 4.69) is 4.90 Å². The molecular weight excluding hydrogens is 204 g/mol. The van der Waals surface area contributed by atoms with E-state index in [0.717, 1.165) is 25.1 Å². The lowest BCUT2D eigenvalue weighted by Crippen LogP contribution is -2.35. The first-order valence-corrected chi connectivity index (χ1v) is 5.52. The van der Waals surface area contributed by atoms with Gasteiger partial charge in [0.05, 0.1) is 5.56 Å². The molecule has 1 atom stereocenters. The summed E-state index contributed by atoms with van der Waals surface area (Å²) in [6.45, 7) is 1.59. The second-order valence-corrected chi connectivity index (χ2v) is 4.08. The minimum absolute atomic E-state index is 0.333. The van der Waals surface area contributed by atoms with Crippen LogP contribution in [0, 0.1) is 0 Å². The Bertz CT molecular complexity index is 392. The van der Waals surface area contributed by atoms with Crippen molar-refractivity contribution in [2.45, 2.75) is 18.9 Å². The first-order valence-electron chi connectivity index (χ1n) is 5.52. The van der Waals surface area contributed by atoms with E-state index in [1.165, 1.54) is 0 Å². The van der Waals surface area contributed by atoms with Crippen LogP contribution in [0.3, 0.4) is 0 Å². The van der Waals surface area contributed by atoms with Crippen LogP contribution in [0.5, 0.6) is 0 Å². The molecule has 4 heteroatoms. The highest BCUT2D eigenvalue weighted by atomic mass is 16.4. The van der Waals surface area contributed by atoms with E-state index in [1.54, 1.807) is 18.2 Å². The topological polar surface area (TPSA) is 66.6 Å². The molecule has 0 spiro atoms. The summed E-state index contributed by atoms with van der Waals surface area (Å²) in [5.74, 6) is -0.884. The van der Waals surface area contributed by atoms with Crippen molar-refractivity contribution in [1.29, 1.82) is 0 Å². The SMILES string of the molecule is NC[C@@H]1CCCN1c1cccc(C(=O)O)c1. The van der Waals surface area contributed by atoms with Gasteiger partial charge in [0.1, 0.15) is 0 Å². The predicted molar refractivity (Wildman–Crippen MR) is 62.8 cm³/mol. The molecule has 0 radical (unpaired) electrons. The Labute approximate surface area is 94.7 Å². The van der Waals surface area contributed by atoms with E-state index >= 15 is 0 Å². The van der Waals surface area contributed by atoms with Crippen LogP contribution in [0.2, 0.25) is 0 Å². The number of nitrogens with two attached hydrogens (primary N) is 1. The zero-order valence-electron chi connectivity index (χ0n) is 9.10. The number of aromatic carboxylic acids is 1. The van der Waals surface area contributed by atoms with Crippen LogP contribution in [0.15, 0.2) is 24.3 Å². The van der Waals surface area contributed by atoms with Gasteiger partial charge in [-0.2, -0.15) is 0 Å². The van der Waals surface area contributed by atoms with E-state index in [4.69, 9.17) is 10.8 Å². The van der Waals surface area contributed by atoms with E-state index in [-0.39, 0.29) is 0 Å². The van der Waals surface area contributed by atoms with Crippen molar-refractivity contribution in [3.05, 3.63) is 29.8 Å². The van der Waals surface area contributed by atoms with Crippen molar-refractivity contribution in [3.63, 3.8) is 0 Å². The Morgan fingerprint density at radius 2 is 2.38 bits per heavy atom. The molecule has 1 fully saturated rings. The highest BCUT2D eigenvalue weighted by Crippen LogP contribution is 2.25. The fourth-order valence-corrected chi connectivity index (χ4v) is 2.24. The molecule has 3 N–H and O–H groups in total. The number of hydrogen-bond acceptors (Lipinski definition) is 3. The lowest BCUT2D eigenvalue weighted by atomic mass is 10.1. The molecule has 0 bridgehead atoms. The van der Waals surface area contributed by atoms with Crippen LogP contribution in [-0.4, -0.2) is 30.2 Å². The molecule has 4 nitrogen and oxygen atoms in total. The van der Waals surface area contributed by atoms with Crippen molar-refractivity contribution >= 4 is 11.7 Å². The molecule has 1 heterocycles. The molecule has 1 saturated heterocycles. The average molecular weight is 220 g/mol. The lowest BCUT2D eigenvalue weighted by Gasteiger charge is -2.25. The summed E-state index contributed by atoms with van der Waals surface area (Å²) in [5, 5.41) is 8.93. The summed E-state index contributed by atoms with van der Waals surface area (Å²) < 4.78 is 0. The van der Waals surface area contributed by atoms with Crippen molar-refractivity contribution in [3.8, 4) is 0 Å². The van der Waals surface area contributed by atoms with Crippen LogP contribution in [0.4, 0.5) is 5.69 Å². The Hall–Kier alpha value is -1.55. The van der Waals surface area contributed by atoms with Crippen LogP contribution < -0.4 is 10.6 Å². The molecule has 2 rings (SSSR count). The number of benzene rings is 1. The third-order valence-corrected chi connectivity index (χ3v) is 3.07. The van der Waals surface area contributed by atoms with E-state index < -0.39 is 5.97 Å². The van der Waals surface area contributed by atoms with Crippen molar-refractivity contribution < 1.29 is 9.90 Å². The Balaban J connectivity index is 2.26. The largest absolute Gasteiger partial charge is 0.478 e. The maximum absolute atomic E-state index is 10.9. The van der Waals surface area contributed by atoms with Crippen LogP contribution in [0.1, 0.15) is 23.2 Å². The summed E-state index contributed by atoms with van der Waals surface area (Å²) in [7, 11) is 0. The van der Waals surface area contributed by atoms with Gasteiger partial charge in [0, 0.05) is 24.8 Å². The minimum atomic E-state index is -0.884. The Morgan fingerprint density at radius 3 is 3.06 bits per heavy atom. The van der Waals surface area contributed by atoms with Crippen molar-refractivity contribution in [1.82, 2.24) is 0 Å². The number of nitrogens with zero attached hydrogens (tertiary/aromatic N) is 1. The molecule has 1 aromatic carbocycles. The van der Waals surface area contributed by atoms with E-state index in [0.29, 0.717) is 18.2 Å². The first kappa shape index (κ1) is 11.0. The number of carboxylic acid groups (broad SMARTS) is 1. The predicted octanol–water partition coefficient (Wildman–Crippen LogP) is 1.31. The van der Waals surface area contributed by atoms with Crippen LogP contribution >= 0.6 is 0 Å². The average Bonchev–Trinajstić information content (AvgIpc) is 2.77. The van der Waals surface area contributed by atoms with Gasteiger partial charge < -0.3 is 15.7 Å². The number of carboxylic acids is 1. The Morgan fingerprint density at radius 1 is 1.56 bits per heavy atom. The van der Waals surface area contributed by atoms with Gasteiger partial charge in [-0.3, -0.25) is 0 Å². The molecule has 0 amide bonds. The van der Waals surface area contributed by atoms with Gasteiger partial charge in [-0.25, -0.2) is 4.79 Å². The zero-order valence-corrected chi connectivity index (χ0v) is 9.10. The third-order valence-electron chi connectivity index (χ3n) is 3.07. The van der Waals surface area contributed by atoms with Gasteiger partial charge in [0.25, 0.3) is 0 Å². The van der Waals surface area contributed by atoms with Gasteiger partial charge in [-0.1, -0.05) is 6.07 Å². The highest BCUT2D eigenvalue weighted by molar-refractivity contribution is 5.88. The highest BCUT2D eigenvalue weighted by Gasteiger charge is 2.23. The van der Waals surface area contributed by atoms with Crippen molar-refractivity contribution in [2.75, 3.05) is 18.0 Å². The van der Waals surface area contributed by atoms with Gasteiger partial charge in [-0.05, 0) is 31.0 Å². The summed E-state index contributed by atoms with van der Waals surface area (Å²) in [6.07, 6.45) is 2.22. The molecule has 0 aliphatic carbocycles. The number of anilines is 1. The molecule has 86 valence electrons. The molecule has 16 heavy (non-hydrogen) atoms. The normalized spacial score (nSPS) is 20.1. The third kappa shape index (κ3) is 2.02.